The first-order chi connectivity index (χ1) is 10.4. The third-order valence-corrected chi connectivity index (χ3v) is 4.14. The van der Waals surface area contributed by atoms with Crippen molar-refractivity contribution in [2.75, 3.05) is 26.2 Å². The number of hydrogen-bond donors (Lipinski definition) is 2. The third-order valence-electron chi connectivity index (χ3n) is 4.14. The van der Waals surface area contributed by atoms with Gasteiger partial charge in [0.25, 0.3) is 0 Å². The van der Waals surface area contributed by atoms with Crippen molar-refractivity contribution in [3.05, 3.63) is 29.8 Å². The summed E-state index contributed by atoms with van der Waals surface area (Å²) in [5, 5.41) is 6.28. The van der Waals surface area contributed by atoms with Crippen LogP contribution in [0.1, 0.15) is 33.3 Å². The Morgan fingerprint density at radius 2 is 1.91 bits per heavy atom. The zero-order chi connectivity index (χ0) is 16.2. The van der Waals surface area contributed by atoms with Crippen molar-refractivity contribution in [3.63, 3.8) is 0 Å². The number of rotatable bonds is 7. The summed E-state index contributed by atoms with van der Waals surface area (Å²) in [5.41, 5.74) is 0.474. The minimum Gasteiger partial charge on any atom is -0.493 e. The second-order valence-electron chi connectivity index (χ2n) is 7.09. The largest absolute Gasteiger partial charge is 0.493 e. The maximum atomic E-state index is 12.4. The average Bonchev–Trinajstić information content (AvgIpc) is 2.43. The standard InChI is InChI=1S/C18H28N2O2.ClH/c1-13(2)12-22-16-7-5-15(6-8-16)18(3,4)17(21)20-11-14-9-19-10-14;/h5-8,13-14,19H,9-12H2,1-4H3,(H,20,21);1H. The average molecular weight is 341 g/mol. The fraction of sp³-hybridized carbons (Fsp3) is 0.611. The van der Waals surface area contributed by atoms with Gasteiger partial charge in [0, 0.05) is 25.6 Å². The van der Waals surface area contributed by atoms with E-state index >= 15 is 0 Å². The van der Waals surface area contributed by atoms with Gasteiger partial charge >= 0.3 is 0 Å². The van der Waals surface area contributed by atoms with Crippen LogP contribution >= 0.6 is 12.4 Å². The van der Waals surface area contributed by atoms with Crippen LogP contribution in [-0.4, -0.2) is 32.1 Å². The summed E-state index contributed by atoms with van der Waals surface area (Å²) in [6.45, 7) is 11.6. The number of hydrogen-bond acceptors (Lipinski definition) is 3. The number of halogens is 1. The smallest absolute Gasteiger partial charge is 0.230 e. The zero-order valence-electron chi connectivity index (χ0n) is 14.5. The molecule has 2 rings (SSSR count). The molecular weight excluding hydrogens is 312 g/mol. The number of ether oxygens (including phenoxy) is 1. The van der Waals surface area contributed by atoms with Gasteiger partial charge in [-0.25, -0.2) is 0 Å². The quantitative estimate of drug-likeness (QED) is 0.802. The second-order valence-corrected chi connectivity index (χ2v) is 7.09. The van der Waals surface area contributed by atoms with Gasteiger partial charge in [0.2, 0.25) is 5.91 Å². The van der Waals surface area contributed by atoms with Gasteiger partial charge in [0.05, 0.1) is 12.0 Å². The molecule has 0 aromatic heterocycles. The predicted octanol–water partition coefficient (Wildman–Crippen LogP) is 2.76. The van der Waals surface area contributed by atoms with Crippen molar-refractivity contribution in [3.8, 4) is 5.75 Å². The van der Waals surface area contributed by atoms with Crippen LogP contribution in [0.2, 0.25) is 0 Å². The SMILES string of the molecule is CC(C)COc1ccc(C(C)(C)C(=O)NCC2CNC2)cc1.Cl. The highest BCUT2D eigenvalue weighted by Crippen LogP contribution is 2.26. The van der Waals surface area contributed by atoms with Crippen molar-refractivity contribution in [2.45, 2.75) is 33.1 Å². The molecule has 4 nitrogen and oxygen atoms in total. The van der Waals surface area contributed by atoms with Crippen LogP contribution in [0.4, 0.5) is 0 Å². The molecule has 0 bridgehead atoms. The van der Waals surface area contributed by atoms with E-state index in [-0.39, 0.29) is 18.3 Å². The Morgan fingerprint density at radius 1 is 1.30 bits per heavy atom. The lowest BCUT2D eigenvalue weighted by atomic mass is 9.83. The number of nitrogens with one attached hydrogen (secondary N) is 2. The van der Waals surface area contributed by atoms with Crippen molar-refractivity contribution >= 4 is 18.3 Å². The summed E-state index contributed by atoms with van der Waals surface area (Å²) in [6.07, 6.45) is 0. The van der Waals surface area contributed by atoms with Gasteiger partial charge in [-0.2, -0.15) is 0 Å². The highest BCUT2D eigenvalue weighted by Gasteiger charge is 2.30. The molecule has 1 aliphatic rings. The molecule has 1 fully saturated rings. The van der Waals surface area contributed by atoms with E-state index in [1.54, 1.807) is 0 Å². The van der Waals surface area contributed by atoms with Crippen LogP contribution in [0.15, 0.2) is 24.3 Å². The first kappa shape index (κ1) is 19.8. The fourth-order valence-corrected chi connectivity index (χ4v) is 2.31. The molecule has 1 saturated heterocycles. The van der Waals surface area contributed by atoms with E-state index in [2.05, 4.69) is 24.5 Å². The molecule has 5 heteroatoms. The number of amides is 1. The van der Waals surface area contributed by atoms with Crippen LogP contribution in [-0.2, 0) is 10.2 Å². The highest BCUT2D eigenvalue weighted by molar-refractivity contribution is 5.87. The molecule has 23 heavy (non-hydrogen) atoms. The Labute approximate surface area is 145 Å². The number of carbonyl (C=O) groups is 1. The normalized spacial score (nSPS) is 14.8. The molecule has 1 heterocycles. The Hall–Kier alpha value is -1.26. The summed E-state index contributed by atoms with van der Waals surface area (Å²) in [4.78, 5) is 12.4. The minimum atomic E-state index is -0.534. The van der Waals surface area contributed by atoms with E-state index in [1.165, 1.54) is 0 Å². The molecule has 2 N–H and O–H groups in total. The molecule has 1 amide bonds. The van der Waals surface area contributed by atoms with Crippen molar-refractivity contribution in [1.82, 2.24) is 10.6 Å². The Balaban J connectivity index is 0.00000264. The van der Waals surface area contributed by atoms with E-state index < -0.39 is 5.41 Å². The maximum Gasteiger partial charge on any atom is 0.230 e. The summed E-state index contributed by atoms with van der Waals surface area (Å²) >= 11 is 0. The van der Waals surface area contributed by atoms with Crippen molar-refractivity contribution in [2.24, 2.45) is 11.8 Å². The van der Waals surface area contributed by atoms with Gasteiger partial charge in [0.15, 0.2) is 0 Å². The molecule has 0 atom stereocenters. The van der Waals surface area contributed by atoms with E-state index in [0.717, 1.165) is 30.9 Å². The molecule has 0 saturated carbocycles. The van der Waals surface area contributed by atoms with Gasteiger partial charge in [0.1, 0.15) is 5.75 Å². The van der Waals surface area contributed by atoms with Crippen LogP contribution in [0, 0.1) is 11.8 Å². The van der Waals surface area contributed by atoms with E-state index in [1.807, 2.05) is 38.1 Å². The van der Waals surface area contributed by atoms with E-state index in [4.69, 9.17) is 4.74 Å². The summed E-state index contributed by atoms with van der Waals surface area (Å²) in [5.74, 6) is 2.01. The first-order valence-corrected chi connectivity index (χ1v) is 8.12. The fourth-order valence-electron chi connectivity index (χ4n) is 2.31. The molecule has 0 aliphatic carbocycles. The van der Waals surface area contributed by atoms with Crippen molar-refractivity contribution in [1.29, 1.82) is 0 Å². The molecule has 1 aliphatic heterocycles. The van der Waals surface area contributed by atoms with Gasteiger partial charge in [-0.1, -0.05) is 26.0 Å². The van der Waals surface area contributed by atoms with Crippen LogP contribution in [0.25, 0.3) is 0 Å². The number of benzene rings is 1. The van der Waals surface area contributed by atoms with Crippen LogP contribution < -0.4 is 15.4 Å². The molecule has 130 valence electrons. The van der Waals surface area contributed by atoms with E-state index in [9.17, 15) is 4.79 Å². The zero-order valence-corrected chi connectivity index (χ0v) is 15.3. The van der Waals surface area contributed by atoms with Gasteiger partial charge in [-0.05, 0) is 37.5 Å². The Bertz CT molecular complexity index is 496. The van der Waals surface area contributed by atoms with E-state index in [0.29, 0.717) is 18.4 Å². The Kier molecular flexibility index (Phi) is 7.36. The molecule has 0 spiro atoms. The number of carbonyl (C=O) groups excluding carboxylic acids is 1. The lowest BCUT2D eigenvalue weighted by Crippen LogP contribution is -2.50. The van der Waals surface area contributed by atoms with Gasteiger partial charge in [-0.3, -0.25) is 4.79 Å². The van der Waals surface area contributed by atoms with Crippen molar-refractivity contribution < 1.29 is 9.53 Å². The monoisotopic (exact) mass is 340 g/mol. The maximum absolute atomic E-state index is 12.4. The first-order valence-electron chi connectivity index (χ1n) is 8.12. The molecule has 0 radical (unpaired) electrons. The lowest BCUT2D eigenvalue weighted by Gasteiger charge is -2.30. The molecular formula is C18H29ClN2O2. The van der Waals surface area contributed by atoms with Gasteiger partial charge < -0.3 is 15.4 Å². The van der Waals surface area contributed by atoms with Crippen LogP contribution in [0.5, 0.6) is 5.75 Å². The summed E-state index contributed by atoms with van der Waals surface area (Å²) in [6, 6.07) is 7.87. The predicted molar refractivity (Wildman–Crippen MR) is 96.4 cm³/mol. The Morgan fingerprint density at radius 3 is 2.39 bits per heavy atom. The topological polar surface area (TPSA) is 50.4 Å². The van der Waals surface area contributed by atoms with Crippen LogP contribution in [0.3, 0.4) is 0 Å². The van der Waals surface area contributed by atoms with Gasteiger partial charge in [-0.15, -0.1) is 12.4 Å². The molecule has 0 unspecified atom stereocenters. The highest BCUT2D eigenvalue weighted by atomic mass is 35.5. The lowest BCUT2D eigenvalue weighted by molar-refractivity contribution is -0.125. The summed E-state index contributed by atoms with van der Waals surface area (Å²) < 4.78 is 5.69. The second kappa shape index (κ2) is 8.55. The third kappa shape index (κ3) is 5.40. The molecule has 1 aromatic carbocycles. The molecule has 1 aromatic rings. The summed E-state index contributed by atoms with van der Waals surface area (Å²) in [7, 11) is 0. The minimum absolute atomic E-state index is 0.